The Labute approximate surface area is 211 Å². The van der Waals surface area contributed by atoms with E-state index in [0.29, 0.717) is 0 Å². The van der Waals surface area contributed by atoms with E-state index in [9.17, 15) is 18.0 Å². The Morgan fingerprint density at radius 1 is 1.15 bits per heavy atom. The third-order valence-electron chi connectivity index (χ3n) is 5.36. The van der Waals surface area contributed by atoms with Crippen LogP contribution in [0.3, 0.4) is 0 Å². The fourth-order valence-corrected chi connectivity index (χ4v) is 6.98. The highest BCUT2D eigenvalue weighted by Crippen LogP contribution is 2.35. The van der Waals surface area contributed by atoms with Crippen molar-refractivity contribution in [2.75, 3.05) is 9.62 Å². The maximum atomic E-state index is 13.0. The Morgan fingerprint density at radius 2 is 1.82 bits per heavy atom. The lowest BCUT2D eigenvalue weighted by atomic mass is 10.1. The molecule has 1 aromatic heterocycles. The summed E-state index contributed by atoms with van der Waals surface area (Å²) in [6.45, 7) is 3.48. The van der Waals surface area contributed by atoms with Crippen LogP contribution < -0.4 is 9.62 Å². The van der Waals surface area contributed by atoms with Crippen molar-refractivity contribution in [2.24, 2.45) is 0 Å². The fourth-order valence-electron chi connectivity index (χ4n) is 3.77. The summed E-state index contributed by atoms with van der Waals surface area (Å²) in [7, 11) is -3.95. The van der Waals surface area contributed by atoms with Crippen molar-refractivity contribution in [3.05, 3.63) is 74.4 Å². The first-order valence-corrected chi connectivity index (χ1v) is 13.3. The van der Waals surface area contributed by atoms with E-state index in [1.165, 1.54) is 37.3 Å². The topological polar surface area (TPSA) is 92.8 Å². The number of benzene rings is 2. The van der Waals surface area contributed by atoms with Gasteiger partial charge in [-0.2, -0.15) is 0 Å². The molecule has 1 aliphatic rings. The largest absolute Gasteiger partial charge is 0.449 e. The number of nitrogens with one attached hydrogen (secondary N) is 1. The molecule has 2 aromatic carbocycles. The molecule has 0 bridgehead atoms. The van der Waals surface area contributed by atoms with Gasteiger partial charge in [0.25, 0.3) is 15.9 Å². The lowest BCUT2D eigenvalue weighted by Gasteiger charge is -2.26. The first kappa shape index (κ1) is 24.5. The number of fused-ring (bicyclic) bond motifs is 1. The van der Waals surface area contributed by atoms with Crippen molar-refractivity contribution < 1.29 is 22.7 Å². The molecule has 0 unspecified atom stereocenters. The van der Waals surface area contributed by atoms with Crippen LogP contribution in [0.1, 0.15) is 29.8 Å². The lowest BCUT2D eigenvalue weighted by Crippen LogP contribution is -2.43. The monoisotopic (exact) mass is 538 g/mol. The standard InChI is InChI=1S/C23H20Cl2N2O5S2/c1-13-11-16-5-3-4-6-18(16)27(13)22(28)14(2)32-23(29)15-7-9-17(10-8-15)26-34(30,31)19-12-20(24)33-21(19)25/h3-10,12-14,26H,11H2,1-2H3/t13-,14-/m1/s1. The summed E-state index contributed by atoms with van der Waals surface area (Å²) in [4.78, 5) is 27.1. The average Bonchev–Trinajstić information content (AvgIpc) is 3.31. The number of anilines is 2. The van der Waals surface area contributed by atoms with Gasteiger partial charge in [0.15, 0.2) is 6.10 Å². The van der Waals surface area contributed by atoms with Crippen LogP contribution in [0.5, 0.6) is 0 Å². The first-order chi connectivity index (χ1) is 16.1. The van der Waals surface area contributed by atoms with E-state index in [0.717, 1.165) is 29.0 Å². The molecule has 1 aliphatic heterocycles. The van der Waals surface area contributed by atoms with Crippen molar-refractivity contribution in [1.29, 1.82) is 0 Å². The number of para-hydroxylation sites is 1. The Balaban J connectivity index is 1.42. The average molecular weight is 539 g/mol. The van der Waals surface area contributed by atoms with Crippen LogP contribution in [0.2, 0.25) is 8.67 Å². The molecule has 0 spiro atoms. The second-order valence-corrected chi connectivity index (χ2v) is 11.7. The maximum absolute atomic E-state index is 13.0. The normalized spacial score (nSPS) is 16.1. The number of rotatable bonds is 6. The number of nitrogens with zero attached hydrogens (tertiary/aromatic N) is 1. The number of amides is 1. The van der Waals surface area contributed by atoms with E-state index in [2.05, 4.69) is 4.72 Å². The minimum Gasteiger partial charge on any atom is -0.449 e. The van der Waals surface area contributed by atoms with Gasteiger partial charge in [-0.25, -0.2) is 13.2 Å². The zero-order valence-electron chi connectivity index (χ0n) is 18.1. The summed E-state index contributed by atoms with van der Waals surface area (Å²) >= 11 is 12.7. The maximum Gasteiger partial charge on any atom is 0.338 e. The van der Waals surface area contributed by atoms with E-state index in [1.54, 1.807) is 4.90 Å². The Hall–Kier alpha value is -2.59. The summed E-state index contributed by atoms with van der Waals surface area (Å²) in [5.74, 6) is -0.996. The van der Waals surface area contributed by atoms with Gasteiger partial charge in [-0.05, 0) is 62.2 Å². The SMILES string of the molecule is C[C@@H]1Cc2ccccc2N1C(=O)[C@@H](C)OC(=O)c1ccc(NS(=O)(=O)c2cc(Cl)sc2Cl)cc1. The zero-order chi connectivity index (χ0) is 24.6. The van der Waals surface area contributed by atoms with Crippen LogP contribution in [-0.2, 0) is 26.0 Å². The van der Waals surface area contributed by atoms with Gasteiger partial charge in [0.05, 0.1) is 9.90 Å². The molecular formula is C23H20Cl2N2O5S2. The summed E-state index contributed by atoms with van der Waals surface area (Å²) in [5, 5.41) is 0. The predicted octanol–water partition coefficient (Wildman–Crippen LogP) is 5.38. The molecule has 7 nitrogen and oxygen atoms in total. The molecule has 1 amide bonds. The van der Waals surface area contributed by atoms with E-state index in [-0.39, 0.29) is 36.8 Å². The number of halogens is 2. The number of thiophene rings is 1. The number of sulfonamides is 1. The third kappa shape index (κ3) is 4.93. The Kier molecular flexibility index (Phi) is 6.91. The predicted molar refractivity (Wildman–Crippen MR) is 134 cm³/mol. The number of carbonyl (C=O) groups excluding carboxylic acids is 2. The first-order valence-electron chi connectivity index (χ1n) is 10.3. The van der Waals surface area contributed by atoms with Gasteiger partial charge in [-0.1, -0.05) is 41.4 Å². The molecule has 34 heavy (non-hydrogen) atoms. The summed E-state index contributed by atoms with van der Waals surface area (Å²) in [6, 6.07) is 14.5. The zero-order valence-corrected chi connectivity index (χ0v) is 21.3. The van der Waals surface area contributed by atoms with Gasteiger partial charge >= 0.3 is 5.97 Å². The van der Waals surface area contributed by atoms with E-state index >= 15 is 0 Å². The molecule has 3 aromatic rings. The summed E-state index contributed by atoms with van der Waals surface area (Å²) < 4.78 is 33.2. The van der Waals surface area contributed by atoms with Gasteiger partial charge in [0.1, 0.15) is 9.23 Å². The highest BCUT2D eigenvalue weighted by atomic mass is 35.5. The van der Waals surface area contributed by atoms with Crippen molar-refractivity contribution in [2.45, 2.75) is 37.3 Å². The fraction of sp³-hybridized carbons (Fsp3) is 0.217. The van der Waals surface area contributed by atoms with Crippen LogP contribution in [0, 0.1) is 0 Å². The second kappa shape index (κ2) is 9.58. The van der Waals surface area contributed by atoms with Gasteiger partial charge < -0.3 is 9.64 Å². The molecule has 0 aliphatic carbocycles. The van der Waals surface area contributed by atoms with Crippen LogP contribution in [0.25, 0.3) is 0 Å². The molecule has 2 atom stereocenters. The van der Waals surface area contributed by atoms with Gasteiger partial charge in [-0.15, -0.1) is 11.3 Å². The molecule has 178 valence electrons. The van der Waals surface area contributed by atoms with E-state index in [4.69, 9.17) is 27.9 Å². The number of hydrogen-bond acceptors (Lipinski definition) is 6. The smallest absolute Gasteiger partial charge is 0.338 e. The van der Waals surface area contributed by atoms with Crippen molar-refractivity contribution in [1.82, 2.24) is 0 Å². The molecule has 0 saturated carbocycles. The molecule has 11 heteroatoms. The second-order valence-electron chi connectivity index (χ2n) is 7.81. The Bertz CT molecular complexity index is 1360. The number of ether oxygens (including phenoxy) is 1. The number of esters is 1. The molecule has 0 saturated heterocycles. The molecule has 2 heterocycles. The lowest BCUT2D eigenvalue weighted by molar-refractivity contribution is -0.126. The van der Waals surface area contributed by atoms with Crippen molar-refractivity contribution in [3.63, 3.8) is 0 Å². The third-order valence-corrected chi connectivity index (χ3v) is 8.50. The molecular weight excluding hydrogens is 519 g/mol. The van der Waals surface area contributed by atoms with Crippen LogP contribution >= 0.6 is 34.5 Å². The molecule has 0 fully saturated rings. The van der Waals surface area contributed by atoms with E-state index in [1.807, 2.05) is 31.2 Å². The molecule has 0 radical (unpaired) electrons. The number of hydrogen-bond donors (Lipinski definition) is 1. The minimum atomic E-state index is -3.95. The minimum absolute atomic E-state index is 0.0371. The van der Waals surface area contributed by atoms with Crippen LogP contribution in [0.4, 0.5) is 11.4 Å². The highest BCUT2D eigenvalue weighted by molar-refractivity contribution is 7.93. The van der Waals surface area contributed by atoms with Crippen molar-refractivity contribution in [3.8, 4) is 0 Å². The molecule has 1 N–H and O–H groups in total. The van der Waals surface area contributed by atoms with Crippen LogP contribution in [0.15, 0.2) is 59.5 Å². The van der Waals surface area contributed by atoms with Gasteiger partial charge in [0.2, 0.25) is 0 Å². The molecule has 4 rings (SSSR count). The highest BCUT2D eigenvalue weighted by Gasteiger charge is 2.34. The van der Waals surface area contributed by atoms with Crippen molar-refractivity contribution >= 4 is 67.8 Å². The van der Waals surface area contributed by atoms with Gasteiger partial charge in [-0.3, -0.25) is 9.52 Å². The van der Waals surface area contributed by atoms with E-state index < -0.39 is 22.1 Å². The summed E-state index contributed by atoms with van der Waals surface area (Å²) in [6.07, 6.45) is -0.257. The quantitative estimate of drug-likeness (QED) is 0.425. The van der Waals surface area contributed by atoms with Crippen LogP contribution in [-0.4, -0.2) is 32.4 Å². The Morgan fingerprint density at radius 3 is 2.47 bits per heavy atom. The van der Waals surface area contributed by atoms with Gasteiger partial charge in [0, 0.05) is 17.4 Å². The summed E-state index contributed by atoms with van der Waals surface area (Å²) in [5.41, 5.74) is 2.30. The number of carbonyl (C=O) groups is 2.